The van der Waals surface area contributed by atoms with E-state index in [1.807, 2.05) is 0 Å². The van der Waals surface area contributed by atoms with Crippen LogP contribution in [-0.4, -0.2) is 17.5 Å². The maximum absolute atomic E-state index is 3.82. The van der Waals surface area contributed by atoms with Gasteiger partial charge in [0.05, 0.1) is 0 Å². The first-order valence-corrected chi connectivity index (χ1v) is 8.33. The van der Waals surface area contributed by atoms with Crippen molar-refractivity contribution in [3.63, 3.8) is 0 Å². The summed E-state index contributed by atoms with van der Waals surface area (Å²) in [6.07, 6.45) is 5.44. The molecule has 2 heteroatoms. The first-order valence-electron chi connectivity index (χ1n) is 7.28. The number of benzene rings is 1. The fourth-order valence-electron chi connectivity index (χ4n) is 3.30. The maximum Gasteiger partial charge on any atom is 0.0323 e. The summed E-state index contributed by atoms with van der Waals surface area (Å²) >= 11 is 2.15. The smallest absolute Gasteiger partial charge is 0.0323 e. The molecule has 1 aliphatic carbocycles. The molecule has 1 heterocycles. The first kappa shape index (κ1) is 12.6. The zero-order valence-electron chi connectivity index (χ0n) is 11.2. The third-order valence-corrected chi connectivity index (χ3v) is 5.80. The van der Waals surface area contributed by atoms with Crippen LogP contribution in [0.4, 0.5) is 0 Å². The molecule has 0 aromatic heterocycles. The van der Waals surface area contributed by atoms with Gasteiger partial charge in [0.25, 0.3) is 0 Å². The van der Waals surface area contributed by atoms with E-state index in [-0.39, 0.29) is 0 Å². The van der Waals surface area contributed by atoms with Crippen molar-refractivity contribution in [1.29, 1.82) is 0 Å². The largest absolute Gasteiger partial charge is 0.309 e. The van der Waals surface area contributed by atoms with E-state index >= 15 is 0 Å². The van der Waals surface area contributed by atoms with Crippen molar-refractivity contribution in [3.05, 3.63) is 35.4 Å². The SMILES string of the molecule is CC1CCC(NCC2CCCS2)c2ccccc21. The van der Waals surface area contributed by atoms with Crippen LogP contribution in [0.2, 0.25) is 0 Å². The van der Waals surface area contributed by atoms with E-state index in [0.29, 0.717) is 6.04 Å². The van der Waals surface area contributed by atoms with Crippen LogP contribution in [0, 0.1) is 0 Å². The molecule has 3 unspecified atom stereocenters. The first-order chi connectivity index (χ1) is 8.84. The summed E-state index contributed by atoms with van der Waals surface area (Å²) in [6, 6.07) is 9.61. The predicted octanol–water partition coefficient (Wildman–Crippen LogP) is 4.11. The zero-order chi connectivity index (χ0) is 12.4. The minimum Gasteiger partial charge on any atom is -0.309 e. The number of hydrogen-bond acceptors (Lipinski definition) is 2. The van der Waals surface area contributed by atoms with Gasteiger partial charge in [-0.1, -0.05) is 31.2 Å². The predicted molar refractivity (Wildman–Crippen MR) is 80.3 cm³/mol. The third-order valence-electron chi connectivity index (χ3n) is 4.41. The number of rotatable bonds is 3. The summed E-state index contributed by atoms with van der Waals surface area (Å²) in [7, 11) is 0. The fourth-order valence-corrected chi connectivity index (χ4v) is 4.51. The lowest BCUT2D eigenvalue weighted by Gasteiger charge is -2.31. The summed E-state index contributed by atoms with van der Waals surface area (Å²) < 4.78 is 0. The highest BCUT2D eigenvalue weighted by atomic mass is 32.2. The van der Waals surface area contributed by atoms with E-state index in [9.17, 15) is 0 Å². The van der Waals surface area contributed by atoms with Crippen molar-refractivity contribution < 1.29 is 0 Å². The molecule has 1 aliphatic heterocycles. The molecule has 2 aliphatic rings. The molecule has 3 rings (SSSR count). The molecule has 98 valence electrons. The minimum atomic E-state index is 0.596. The maximum atomic E-state index is 3.82. The van der Waals surface area contributed by atoms with Gasteiger partial charge in [-0.25, -0.2) is 0 Å². The molecule has 1 N–H and O–H groups in total. The summed E-state index contributed by atoms with van der Waals surface area (Å²) in [4.78, 5) is 0. The molecule has 0 bridgehead atoms. The normalized spacial score (nSPS) is 31.3. The Balaban J connectivity index is 1.68. The van der Waals surface area contributed by atoms with Gasteiger partial charge in [-0.15, -0.1) is 0 Å². The van der Waals surface area contributed by atoms with Gasteiger partial charge in [-0.2, -0.15) is 11.8 Å². The lowest BCUT2D eigenvalue weighted by atomic mass is 9.81. The Hall–Kier alpha value is -0.470. The Morgan fingerprint density at radius 2 is 2.00 bits per heavy atom. The van der Waals surface area contributed by atoms with E-state index < -0.39 is 0 Å². The van der Waals surface area contributed by atoms with Gasteiger partial charge in [0, 0.05) is 17.8 Å². The van der Waals surface area contributed by atoms with Crippen molar-refractivity contribution >= 4 is 11.8 Å². The van der Waals surface area contributed by atoms with E-state index in [0.717, 1.165) is 11.2 Å². The fraction of sp³-hybridized carbons (Fsp3) is 0.625. The molecule has 18 heavy (non-hydrogen) atoms. The molecule has 3 atom stereocenters. The van der Waals surface area contributed by atoms with Gasteiger partial charge in [-0.3, -0.25) is 0 Å². The zero-order valence-corrected chi connectivity index (χ0v) is 12.0. The van der Waals surface area contributed by atoms with Gasteiger partial charge >= 0.3 is 0 Å². The highest BCUT2D eigenvalue weighted by Crippen LogP contribution is 2.37. The summed E-state index contributed by atoms with van der Waals surface area (Å²) in [5.74, 6) is 2.10. The Morgan fingerprint density at radius 3 is 2.78 bits per heavy atom. The number of hydrogen-bond donors (Lipinski definition) is 1. The molecule has 1 aromatic rings. The summed E-state index contributed by atoms with van der Waals surface area (Å²) in [5, 5.41) is 4.68. The average Bonchev–Trinajstić information content (AvgIpc) is 2.92. The average molecular weight is 261 g/mol. The Bertz CT molecular complexity index is 398. The quantitative estimate of drug-likeness (QED) is 0.879. The van der Waals surface area contributed by atoms with Crippen LogP contribution >= 0.6 is 11.8 Å². The molecule has 1 aromatic carbocycles. The molecule has 1 saturated heterocycles. The summed E-state index contributed by atoms with van der Waals surface area (Å²) in [6.45, 7) is 3.56. The lowest BCUT2D eigenvalue weighted by Crippen LogP contribution is -2.30. The lowest BCUT2D eigenvalue weighted by molar-refractivity contribution is 0.431. The minimum absolute atomic E-state index is 0.596. The van der Waals surface area contributed by atoms with E-state index in [1.54, 1.807) is 11.1 Å². The monoisotopic (exact) mass is 261 g/mol. The van der Waals surface area contributed by atoms with Crippen LogP contribution in [-0.2, 0) is 0 Å². The van der Waals surface area contributed by atoms with Crippen molar-refractivity contribution in [1.82, 2.24) is 5.32 Å². The molecule has 1 nitrogen and oxygen atoms in total. The molecular weight excluding hydrogens is 238 g/mol. The van der Waals surface area contributed by atoms with Gasteiger partial charge in [-0.05, 0) is 48.5 Å². The second kappa shape index (κ2) is 5.66. The van der Waals surface area contributed by atoms with Crippen molar-refractivity contribution in [2.24, 2.45) is 0 Å². The van der Waals surface area contributed by atoms with Crippen LogP contribution in [0.1, 0.15) is 55.7 Å². The van der Waals surface area contributed by atoms with E-state index in [2.05, 4.69) is 48.3 Å². The molecule has 0 spiro atoms. The number of fused-ring (bicyclic) bond motifs is 1. The van der Waals surface area contributed by atoms with Crippen LogP contribution in [0.3, 0.4) is 0 Å². The molecule has 0 radical (unpaired) electrons. The highest BCUT2D eigenvalue weighted by Gasteiger charge is 2.25. The molecule has 0 saturated carbocycles. The Labute approximate surface area is 115 Å². The van der Waals surface area contributed by atoms with Crippen molar-refractivity contribution in [3.8, 4) is 0 Å². The van der Waals surface area contributed by atoms with Crippen molar-refractivity contribution in [2.75, 3.05) is 12.3 Å². The molecule has 1 fully saturated rings. The van der Waals surface area contributed by atoms with Crippen LogP contribution < -0.4 is 5.32 Å². The number of thioether (sulfide) groups is 1. The van der Waals surface area contributed by atoms with Crippen molar-refractivity contribution in [2.45, 2.75) is 49.8 Å². The highest BCUT2D eigenvalue weighted by molar-refractivity contribution is 8.00. The number of nitrogens with one attached hydrogen (secondary N) is 1. The van der Waals surface area contributed by atoms with Crippen LogP contribution in [0.15, 0.2) is 24.3 Å². The topological polar surface area (TPSA) is 12.0 Å². The van der Waals surface area contributed by atoms with Crippen LogP contribution in [0.5, 0.6) is 0 Å². The standard InChI is InChI=1S/C16H23NS/c1-12-8-9-16(15-7-3-2-6-14(12)15)17-11-13-5-4-10-18-13/h2-3,6-7,12-13,16-17H,4-5,8-11H2,1H3. The third kappa shape index (κ3) is 2.60. The van der Waals surface area contributed by atoms with Crippen LogP contribution in [0.25, 0.3) is 0 Å². The second-order valence-corrected chi connectivity index (χ2v) is 7.11. The second-order valence-electron chi connectivity index (χ2n) is 5.70. The van der Waals surface area contributed by atoms with Gasteiger partial charge in [0.15, 0.2) is 0 Å². The molecule has 0 amide bonds. The van der Waals surface area contributed by atoms with E-state index in [1.165, 1.54) is 38.0 Å². The Morgan fingerprint density at radius 1 is 1.17 bits per heavy atom. The molecular formula is C16H23NS. The van der Waals surface area contributed by atoms with Gasteiger partial charge in [0.1, 0.15) is 0 Å². The van der Waals surface area contributed by atoms with Gasteiger partial charge in [0.2, 0.25) is 0 Å². The van der Waals surface area contributed by atoms with E-state index in [4.69, 9.17) is 0 Å². The summed E-state index contributed by atoms with van der Waals surface area (Å²) in [5.41, 5.74) is 3.12. The Kier molecular flexibility index (Phi) is 3.95. The van der Waals surface area contributed by atoms with Gasteiger partial charge < -0.3 is 5.32 Å².